The van der Waals surface area contributed by atoms with Gasteiger partial charge in [-0.2, -0.15) is 9.82 Å². The van der Waals surface area contributed by atoms with Gasteiger partial charge in [-0.1, -0.05) is 11.6 Å². The minimum Gasteiger partial charge on any atom is -0.480 e. The van der Waals surface area contributed by atoms with Crippen LogP contribution in [0.2, 0.25) is 5.02 Å². The van der Waals surface area contributed by atoms with E-state index in [0.717, 1.165) is 10.9 Å². The van der Waals surface area contributed by atoms with E-state index in [2.05, 4.69) is 5.10 Å². The fourth-order valence-electron chi connectivity index (χ4n) is 0.927. The van der Waals surface area contributed by atoms with E-state index >= 15 is 0 Å². The van der Waals surface area contributed by atoms with Crippen molar-refractivity contribution in [3.8, 4) is 0 Å². The van der Waals surface area contributed by atoms with Crippen molar-refractivity contribution in [3.05, 3.63) is 11.2 Å². The van der Waals surface area contributed by atoms with Gasteiger partial charge in [-0.05, 0) is 0 Å². The van der Waals surface area contributed by atoms with Gasteiger partial charge in [0.1, 0.15) is 6.54 Å². The third-order valence-electron chi connectivity index (χ3n) is 1.51. The Morgan fingerprint density at radius 3 is 2.73 bits per heavy atom. The second-order valence-electron chi connectivity index (χ2n) is 2.64. The molecule has 0 aliphatic heterocycles. The topological polar surface area (TPSA) is 101 Å². The van der Waals surface area contributed by atoms with E-state index in [1.165, 1.54) is 7.05 Å². The van der Waals surface area contributed by atoms with Crippen LogP contribution in [0.4, 0.5) is 0 Å². The molecule has 0 radical (unpaired) electrons. The zero-order chi connectivity index (χ0) is 11.6. The monoisotopic (exact) mass is 253 g/mol. The maximum absolute atomic E-state index is 11.5. The average molecular weight is 254 g/mol. The van der Waals surface area contributed by atoms with Crippen molar-refractivity contribution >= 4 is 27.6 Å². The van der Waals surface area contributed by atoms with Crippen molar-refractivity contribution < 1.29 is 18.3 Å². The summed E-state index contributed by atoms with van der Waals surface area (Å²) in [6.45, 7) is -0.705. The maximum atomic E-state index is 11.5. The molecule has 1 aromatic rings. The fourth-order valence-corrected chi connectivity index (χ4v) is 2.55. The van der Waals surface area contributed by atoms with Crippen LogP contribution in [0.15, 0.2) is 11.2 Å². The third kappa shape index (κ3) is 2.67. The van der Waals surface area contributed by atoms with Gasteiger partial charge in [0.2, 0.25) is 0 Å². The molecule has 0 unspecified atom stereocenters. The van der Waals surface area contributed by atoms with Gasteiger partial charge in [0.25, 0.3) is 10.0 Å². The number of rotatable bonds is 4. The first-order valence-corrected chi connectivity index (χ1v) is 5.59. The fraction of sp³-hybridized carbons (Fsp3) is 0.333. The lowest BCUT2D eigenvalue weighted by atomic mass is 10.7. The van der Waals surface area contributed by atoms with Gasteiger partial charge in [-0.25, -0.2) is 8.42 Å². The number of carboxylic acids is 1. The van der Waals surface area contributed by atoms with Crippen LogP contribution in [0.5, 0.6) is 0 Å². The van der Waals surface area contributed by atoms with E-state index in [0.29, 0.717) is 0 Å². The van der Waals surface area contributed by atoms with Crippen LogP contribution in [0.3, 0.4) is 0 Å². The molecule has 15 heavy (non-hydrogen) atoms. The molecule has 1 rings (SSSR count). The van der Waals surface area contributed by atoms with Gasteiger partial charge < -0.3 is 5.11 Å². The quantitative estimate of drug-likeness (QED) is 0.749. The number of carboxylic acid groups (broad SMARTS) is 1. The number of aliphatic carboxylic acids is 1. The summed E-state index contributed by atoms with van der Waals surface area (Å²) < 4.78 is 26.0. The van der Waals surface area contributed by atoms with E-state index in [1.807, 2.05) is 4.72 Å². The summed E-state index contributed by atoms with van der Waals surface area (Å²) in [6.07, 6.45) is 1.16. The number of nitrogens with one attached hydrogen (secondary N) is 1. The highest BCUT2D eigenvalue weighted by Crippen LogP contribution is 2.18. The van der Waals surface area contributed by atoms with Crippen LogP contribution >= 0.6 is 11.6 Å². The molecule has 0 atom stereocenters. The molecule has 1 heterocycles. The average Bonchev–Trinajstić information content (AvgIpc) is 2.43. The number of aromatic nitrogens is 2. The Balaban J connectivity index is 3.01. The molecule has 2 N–H and O–H groups in total. The van der Waals surface area contributed by atoms with E-state index in [1.54, 1.807) is 0 Å². The summed E-state index contributed by atoms with van der Waals surface area (Å²) in [5.74, 6) is -1.28. The van der Waals surface area contributed by atoms with E-state index in [4.69, 9.17) is 16.7 Å². The molecule has 0 amide bonds. The van der Waals surface area contributed by atoms with Crippen LogP contribution in [0.25, 0.3) is 0 Å². The molecule has 0 aliphatic rings. The van der Waals surface area contributed by atoms with Gasteiger partial charge in [-0.3, -0.25) is 9.48 Å². The highest BCUT2D eigenvalue weighted by atomic mass is 35.5. The van der Waals surface area contributed by atoms with Crippen molar-refractivity contribution in [2.24, 2.45) is 7.05 Å². The van der Waals surface area contributed by atoms with Crippen LogP contribution in [0, 0.1) is 0 Å². The highest BCUT2D eigenvalue weighted by Gasteiger charge is 2.22. The summed E-state index contributed by atoms with van der Waals surface area (Å²) in [6, 6.07) is 0. The zero-order valence-electron chi connectivity index (χ0n) is 7.64. The number of carbonyl (C=O) groups is 1. The molecular weight excluding hydrogens is 246 g/mol. The number of sulfonamides is 1. The Hall–Kier alpha value is -1.12. The minimum absolute atomic E-state index is 0.0598. The zero-order valence-corrected chi connectivity index (χ0v) is 9.21. The first kappa shape index (κ1) is 12.0. The normalized spacial score (nSPS) is 11.6. The molecule has 0 bridgehead atoms. The maximum Gasteiger partial charge on any atom is 0.318 e. The number of hydrogen-bond acceptors (Lipinski definition) is 4. The van der Waals surface area contributed by atoms with Crippen molar-refractivity contribution in [2.75, 3.05) is 6.54 Å². The molecule has 1 aromatic heterocycles. The van der Waals surface area contributed by atoms with Crippen molar-refractivity contribution in [2.45, 2.75) is 5.03 Å². The largest absolute Gasteiger partial charge is 0.480 e. The molecule has 7 nitrogen and oxygen atoms in total. The number of hydrogen-bond donors (Lipinski definition) is 2. The summed E-state index contributed by atoms with van der Waals surface area (Å²) in [5, 5.41) is 11.6. The molecular formula is C6H8ClN3O4S. The SMILES string of the molecule is Cn1ncc(Cl)c1S(=O)(=O)NCC(=O)O. The van der Waals surface area contributed by atoms with Crippen molar-refractivity contribution in [1.82, 2.24) is 14.5 Å². The predicted octanol–water partition coefficient (Wildman–Crippen LogP) is -0.564. The van der Waals surface area contributed by atoms with Gasteiger partial charge in [0, 0.05) is 7.05 Å². The smallest absolute Gasteiger partial charge is 0.318 e. The molecule has 0 aliphatic carbocycles. The second-order valence-corrected chi connectivity index (χ2v) is 4.73. The standard InChI is InChI=1S/C6H8ClN3O4S/c1-10-6(4(7)2-8-10)15(13,14)9-3-5(11)12/h2,9H,3H2,1H3,(H,11,12). The Morgan fingerprint density at radius 2 is 2.33 bits per heavy atom. The molecule has 0 fully saturated rings. The molecule has 0 saturated carbocycles. The predicted molar refractivity (Wildman–Crippen MR) is 51.0 cm³/mol. The first-order chi connectivity index (χ1) is 6.84. The van der Waals surface area contributed by atoms with E-state index in [9.17, 15) is 13.2 Å². The molecule has 0 spiro atoms. The van der Waals surface area contributed by atoms with E-state index < -0.39 is 22.5 Å². The summed E-state index contributed by atoms with van der Waals surface area (Å²) >= 11 is 5.59. The van der Waals surface area contributed by atoms with Crippen LogP contribution in [0.1, 0.15) is 0 Å². The Kier molecular flexibility index (Phi) is 3.32. The summed E-state index contributed by atoms with van der Waals surface area (Å²) in [7, 11) is -2.55. The highest BCUT2D eigenvalue weighted by molar-refractivity contribution is 7.89. The summed E-state index contributed by atoms with van der Waals surface area (Å²) in [4.78, 5) is 10.2. The van der Waals surface area contributed by atoms with Crippen LogP contribution in [-0.2, 0) is 21.9 Å². The molecule has 84 valence electrons. The van der Waals surface area contributed by atoms with Crippen molar-refractivity contribution in [1.29, 1.82) is 0 Å². The van der Waals surface area contributed by atoms with Gasteiger partial charge in [0.15, 0.2) is 5.03 Å². The molecule has 0 saturated heterocycles. The minimum atomic E-state index is -3.94. The number of nitrogens with zero attached hydrogens (tertiary/aromatic N) is 2. The van der Waals surface area contributed by atoms with Gasteiger partial charge in [0.05, 0.1) is 11.2 Å². The number of halogens is 1. The number of aryl methyl sites for hydroxylation is 1. The molecule has 9 heteroatoms. The molecule has 0 aromatic carbocycles. The Morgan fingerprint density at radius 1 is 1.73 bits per heavy atom. The second kappa shape index (κ2) is 4.17. The summed E-state index contributed by atoms with van der Waals surface area (Å²) in [5.41, 5.74) is 0. The van der Waals surface area contributed by atoms with Gasteiger partial charge >= 0.3 is 5.97 Å². The lowest BCUT2D eigenvalue weighted by molar-refractivity contribution is -0.135. The van der Waals surface area contributed by atoms with Crippen molar-refractivity contribution in [3.63, 3.8) is 0 Å². The van der Waals surface area contributed by atoms with E-state index in [-0.39, 0.29) is 10.0 Å². The lowest BCUT2D eigenvalue weighted by Gasteiger charge is -2.04. The van der Waals surface area contributed by atoms with Crippen LogP contribution < -0.4 is 4.72 Å². The van der Waals surface area contributed by atoms with Crippen LogP contribution in [-0.4, -0.2) is 35.8 Å². The van der Waals surface area contributed by atoms with Gasteiger partial charge in [-0.15, -0.1) is 0 Å². The Labute approximate surface area is 90.7 Å². The lowest BCUT2D eigenvalue weighted by Crippen LogP contribution is -2.30. The first-order valence-electron chi connectivity index (χ1n) is 3.73. The Bertz CT molecular complexity index is 461. The third-order valence-corrected chi connectivity index (χ3v) is 3.42.